The van der Waals surface area contributed by atoms with E-state index in [0.717, 1.165) is 6.29 Å². The molecule has 1 N–H and O–H groups in total. The molecular formula is C8H7ClO2. The van der Waals surface area contributed by atoms with Gasteiger partial charge in [0.1, 0.15) is 6.29 Å². The van der Waals surface area contributed by atoms with Gasteiger partial charge in [-0.3, -0.25) is 4.79 Å². The first-order valence-corrected chi connectivity index (χ1v) is 3.50. The second-order valence-electron chi connectivity index (χ2n) is 2.13. The predicted octanol–water partition coefficient (Wildman–Crippen LogP) is 1.64. The quantitative estimate of drug-likeness (QED) is 0.686. The van der Waals surface area contributed by atoms with Crippen molar-refractivity contribution in [2.24, 2.45) is 0 Å². The highest BCUT2D eigenvalue weighted by Gasteiger charge is 1.98. The highest BCUT2D eigenvalue weighted by molar-refractivity contribution is 6.31. The molecule has 3 heteroatoms. The third-order valence-corrected chi connectivity index (χ3v) is 1.74. The van der Waals surface area contributed by atoms with E-state index in [9.17, 15) is 4.79 Å². The Morgan fingerprint density at radius 1 is 1.55 bits per heavy atom. The third-order valence-electron chi connectivity index (χ3n) is 1.38. The van der Waals surface area contributed by atoms with Gasteiger partial charge in [0.15, 0.2) is 0 Å². The van der Waals surface area contributed by atoms with E-state index in [-0.39, 0.29) is 6.61 Å². The maximum absolute atomic E-state index is 10.3. The number of carbonyl (C=O) groups excluding carboxylic acids is 1. The average Bonchev–Trinajstić information content (AvgIpc) is 2.05. The lowest BCUT2D eigenvalue weighted by atomic mass is 10.1. The monoisotopic (exact) mass is 170 g/mol. The average molecular weight is 171 g/mol. The standard InChI is InChI=1S/C8H7ClO2/c9-8-2-1-6(4-10)3-7(8)5-11/h1-4,11H,5H2. The predicted molar refractivity (Wildman–Crippen MR) is 42.8 cm³/mol. The number of carbonyl (C=O) groups is 1. The molecule has 0 aliphatic heterocycles. The zero-order chi connectivity index (χ0) is 8.27. The number of aldehydes is 1. The Morgan fingerprint density at radius 3 is 2.82 bits per heavy atom. The highest BCUT2D eigenvalue weighted by Crippen LogP contribution is 2.16. The zero-order valence-electron chi connectivity index (χ0n) is 5.75. The molecule has 1 rings (SSSR count). The number of aliphatic hydroxyl groups excluding tert-OH is 1. The van der Waals surface area contributed by atoms with Gasteiger partial charge in [0.05, 0.1) is 6.61 Å². The molecule has 0 heterocycles. The van der Waals surface area contributed by atoms with Gasteiger partial charge in [-0.15, -0.1) is 0 Å². The second-order valence-corrected chi connectivity index (χ2v) is 2.53. The summed E-state index contributed by atoms with van der Waals surface area (Å²) in [6.45, 7) is -0.138. The molecule has 0 amide bonds. The largest absolute Gasteiger partial charge is 0.392 e. The molecule has 0 aliphatic rings. The number of hydrogen-bond acceptors (Lipinski definition) is 2. The molecule has 0 spiro atoms. The lowest BCUT2D eigenvalue weighted by Gasteiger charge is -1.99. The van der Waals surface area contributed by atoms with Crippen LogP contribution in [0.2, 0.25) is 5.02 Å². The van der Waals surface area contributed by atoms with Crippen molar-refractivity contribution in [1.29, 1.82) is 0 Å². The topological polar surface area (TPSA) is 37.3 Å². The number of rotatable bonds is 2. The van der Waals surface area contributed by atoms with E-state index < -0.39 is 0 Å². The summed E-state index contributed by atoms with van der Waals surface area (Å²) in [6.07, 6.45) is 0.718. The van der Waals surface area contributed by atoms with Crippen LogP contribution in [0, 0.1) is 0 Å². The SMILES string of the molecule is O=Cc1ccc(Cl)c(CO)c1. The lowest BCUT2D eigenvalue weighted by molar-refractivity contribution is 0.112. The van der Waals surface area contributed by atoms with Crippen molar-refractivity contribution >= 4 is 17.9 Å². The van der Waals surface area contributed by atoms with Crippen LogP contribution in [0.4, 0.5) is 0 Å². The van der Waals surface area contributed by atoms with E-state index >= 15 is 0 Å². The number of halogens is 1. The summed E-state index contributed by atoms with van der Waals surface area (Å²) in [5.41, 5.74) is 1.11. The van der Waals surface area contributed by atoms with Crippen LogP contribution < -0.4 is 0 Å². The van der Waals surface area contributed by atoms with E-state index in [1.165, 1.54) is 0 Å². The van der Waals surface area contributed by atoms with Gasteiger partial charge in [-0.05, 0) is 17.7 Å². The molecule has 0 saturated heterocycles. The first-order valence-electron chi connectivity index (χ1n) is 3.12. The number of aliphatic hydroxyl groups is 1. The summed E-state index contributed by atoms with van der Waals surface area (Å²) in [5, 5.41) is 9.22. The van der Waals surface area contributed by atoms with Gasteiger partial charge in [0.25, 0.3) is 0 Å². The summed E-state index contributed by atoms with van der Waals surface area (Å²) < 4.78 is 0. The minimum absolute atomic E-state index is 0.138. The van der Waals surface area contributed by atoms with Gasteiger partial charge < -0.3 is 5.11 Å². The van der Waals surface area contributed by atoms with Gasteiger partial charge in [0.2, 0.25) is 0 Å². The van der Waals surface area contributed by atoms with Crippen molar-refractivity contribution in [3.63, 3.8) is 0 Å². The van der Waals surface area contributed by atoms with Gasteiger partial charge in [-0.2, -0.15) is 0 Å². The highest BCUT2D eigenvalue weighted by atomic mass is 35.5. The molecule has 58 valence electrons. The maximum atomic E-state index is 10.3. The van der Waals surface area contributed by atoms with E-state index in [4.69, 9.17) is 16.7 Å². The number of hydrogen-bond donors (Lipinski definition) is 1. The van der Waals surface area contributed by atoms with Crippen molar-refractivity contribution in [1.82, 2.24) is 0 Å². The van der Waals surface area contributed by atoms with E-state index in [1.54, 1.807) is 18.2 Å². The molecule has 2 nitrogen and oxygen atoms in total. The fourth-order valence-electron chi connectivity index (χ4n) is 0.789. The van der Waals surface area contributed by atoms with E-state index in [2.05, 4.69) is 0 Å². The molecule has 0 saturated carbocycles. The Balaban J connectivity index is 3.12. The smallest absolute Gasteiger partial charge is 0.150 e. The first kappa shape index (κ1) is 8.24. The van der Waals surface area contributed by atoms with Gasteiger partial charge in [0, 0.05) is 10.6 Å². The second kappa shape index (κ2) is 3.51. The molecular weight excluding hydrogens is 164 g/mol. The van der Waals surface area contributed by atoms with Gasteiger partial charge >= 0.3 is 0 Å². The van der Waals surface area contributed by atoms with Crippen LogP contribution in [-0.2, 0) is 6.61 Å². The van der Waals surface area contributed by atoms with Gasteiger partial charge in [-0.1, -0.05) is 17.7 Å². The molecule has 0 radical (unpaired) electrons. The number of benzene rings is 1. The fraction of sp³-hybridized carbons (Fsp3) is 0.125. The molecule has 1 aromatic rings. The lowest BCUT2D eigenvalue weighted by Crippen LogP contribution is -1.87. The molecule has 0 aromatic heterocycles. The van der Waals surface area contributed by atoms with Crippen LogP contribution in [0.15, 0.2) is 18.2 Å². The van der Waals surface area contributed by atoms with Crippen LogP contribution in [0.25, 0.3) is 0 Å². The minimum atomic E-state index is -0.138. The van der Waals surface area contributed by atoms with Crippen molar-refractivity contribution in [2.45, 2.75) is 6.61 Å². The summed E-state index contributed by atoms with van der Waals surface area (Å²) in [4.78, 5) is 10.3. The third kappa shape index (κ3) is 1.79. The summed E-state index contributed by atoms with van der Waals surface area (Å²) in [5.74, 6) is 0. The Labute approximate surface area is 69.4 Å². The Hall–Kier alpha value is -0.860. The molecule has 0 fully saturated rings. The molecule has 1 aromatic carbocycles. The summed E-state index contributed by atoms with van der Waals surface area (Å²) >= 11 is 5.68. The molecule has 0 bridgehead atoms. The van der Waals surface area contributed by atoms with E-state index in [0.29, 0.717) is 16.1 Å². The fourth-order valence-corrected chi connectivity index (χ4v) is 0.966. The Bertz CT molecular complexity index is 271. The van der Waals surface area contributed by atoms with Crippen LogP contribution in [0.1, 0.15) is 15.9 Å². The Kier molecular flexibility index (Phi) is 2.63. The minimum Gasteiger partial charge on any atom is -0.392 e. The molecule has 0 unspecified atom stereocenters. The maximum Gasteiger partial charge on any atom is 0.150 e. The first-order chi connectivity index (χ1) is 5.27. The van der Waals surface area contributed by atoms with Gasteiger partial charge in [-0.25, -0.2) is 0 Å². The summed E-state index contributed by atoms with van der Waals surface area (Å²) in [6, 6.07) is 4.76. The molecule has 0 aliphatic carbocycles. The van der Waals surface area contributed by atoms with Crippen LogP contribution in [-0.4, -0.2) is 11.4 Å². The molecule has 0 atom stereocenters. The van der Waals surface area contributed by atoms with Crippen molar-refractivity contribution in [3.05, 3.63) is 34.3 Å². The van der Waals surface area contributed by atoms with Crippen LogP contribution >= 0.6 is 11.6 Å². The molecule has 11 heavy (non-hydrogen) atoms. The van der Waals surface area contributed by atoms with Crippen LogP contribution in [0.5, 0.6) is 0 Å². The van der Waals surface area contributed by atoms with Crippen molar-refractivity contribution in [2.75, 3.05) is 0 Å². The Morgan fingerprint density at radius 2 is 2.27 bits per heavy atom. The van der Waals surface area contributed by atoms with Crippen molar-refractivity contribution in [3.8, 4) is 0 Å². The zero-order valence-corrected chi connectivity index (χ0v) is 6.51. The van der Waals surface area contributed by atoms with E-state index in [1.807, 2.05) is 0 Å². The normalized spacial score (nSPS) is 9.64. The van der Waals surface area contributed by atoms with Crippen molar-refractivity contribution < 1.29 is 9.90 Å². The van der Waals surface area contributed by atoms with Crippen LogP contribution in [0.3, 0.4) is 0 Å². The summed E-state index contributed by atoms with van der Waals surface area (Å²) in [7, 11) is 0.